The molecule has 0 amide bonds. The van der Waals surface area contributed by atoms with Gasteiger partial charge in [-0.05, 0) is 48.4 Å². The Labute approximate surface area is 100 Å². The van der Waals surface area contributed by atoms with Gasteiger partial charge in [-0.25, -0.2) is 0 Å². The molecule has 1 fully saturated rings. The maximum Gasteiger partial charge on any atom is 0.0175 e. The van der Waals surface area contributed by atoms with Gasteiger partial charge < -0.3 is 5.73 Å². The number of hydrogen-bond acceptors (Lipinski definition) is 1. The van der Waals surface area contributed by atoms with Gasteiger partial charge in [-0.1, -0.05) is 41.4 Å². The highest BCUT2D eigenvalue weighted by molar-refractivity contribution is 9.10. The van der Waals surface area contributed by atoms with Crippen molar-refractivity contribution in [2.24, 2.45) is 11.7 Å². The zero-order chi connectivity index (χ0) is 10.9. The fraction of sp³-hybridized carbons (Fsp3) is 0.538. The van der Waals surface area contributed by atoms with Crippen LogP contribution in [0.25, 0.3) is 0 Å². The van der Waals surface area contributed by atoms with Crippen molar-refractivity contribution in [3.05, 3.63) is 34.3 Å². The normalized spacial score (nSPS) is 19.9. The molecule has 2 N–H and O–H groups in total. The van der Waals surface area contributed by atoms with E-state index in [0.29, 0.717) is 11.3 Å². The van der Waals surface area contributed by atoms with Gasteiger partial charge in [0.05, 0.1) is 0 Å². The lowest BCUT2D eigenvalue weighted by atomic mass is 9.81. The van der Waals surface area contributed by atoms with Crippen LogP contribution in [0.5, 0.6) is 0 Å². The van der Waals surface area contributed by atoms with Crippen LogP contribution in [0.1, 0.15) is 31.7 Å². The van der Waals surface area contributed by atoms with Gasteiger partial charge in [-0.3, -0.25) is 0 Å². The Kier molecular flexibility index (Phi) is 3.17. The minimum absolute atomic E-state index is 0.407. The molecule has 15 heavy (non-hydrogen) atoms. The van der Waals surface area contributed by atoms with Crippen molar-refractivity contribution in [3.63, 3.8) is 0 Å². The standard InChI is InChI=1S/C13H18BrN/c1-2-10(9-15)13(7-8-13)11-3-5-12(14)6-4-11/h3-6,10H,2,7-9,15H2,1H3. The molecule has 1 nitrogen and oxygen atoms in total. The van der Waals surface area contributed by atoms with E-state index >= 15 is 0 Å². The Balaban J connectivity index is 2.25. The first-order valence-electron chi connectivity index (χ1n) is 5.69. The number of hydrogen-bond donors (Lipinski definition) is 1. The van der Waals surface area contributed by atoms with E-state index in [4.69, 9.17) is 5.73 Å². The summed E-state index contributed by atoms with van der Waals surface area (Å²) in [5.41, 5.74) is 7.75. The summed E-state index contributed by atoms with van der Waals surface area (Å²) in [5, 5.41) is 0. The molecule has 1 unspecified atom stereocenters. The molecule has 1 aliphatic carbocycles. The predicted molar refractivity (Wildman–Crippen MR) is 67.9 cm³/mol. The second kappa shape index (κ2) is 4.26. The molecule has 0 aromatic heterocycles. The molecule has 1 atom stereocenters. The quantitative estimate of drug-likeness (QED) is 0.889. The van der Waals surface area contributed by atoms with E-state index in [1.54, 1.807) is 0 Å². The summed E-state index contributed by atoms with van der Waals surface area (Å²) in [4.78, 5) is 0. The molecule has 0 heterocycles. The second-order valence-electron chi connectivity index (χ2n) is 4.50. The maximum absolute atomic E-state index is 5.87. The van der Waals surface area contributed by atoms with E-state index in [0.717, 1.165) is 11.0 Å². The Morgan fingerprint density at radius 3 is 2.33 bits per heavy atom. The Hall–Kier alpha value is -0.340. The first kappa shape index (κ1) is 11.2. The van der Waals surface area contributed by atoms with Gasteiger partial charge in [0.25, 0.3) is 0 Å². The first-order valence-corrected chi connectivity index (χ1v) is 6.48. The van der Waals surface area contributed by atoms with E-state index < -0.39 is 0 Å². The third-order valence-corrected chi connectivity index (χ3v) is 4.30. The average molecular weight is 268 g/mol. The van der Waals surface area contributed by atoms with Gasteiger partial charge in [-0.2, -0.15) is 0 Å². The lowest BCUT2D eigenvalue weighted by Crippen LogP contribution is -2.27. The van der Waals surface area contributed by atoms with Gasteiger partial charge in [0.15, 0.2) is 0 Å². The molecule has 2 rings (SSSR count). The van der Waals surface area contributed by atoms with Gasteiger partial charge in [0.2, 0.25) is 0 Å². The third-order valence-electron chi connectivity index (χ3n) is 3.77. The molecular weight excluding hydrogens is 250 g/mol. The Morgan fingerprint density at radius 2 is 1.93 bits per heavy atom. The molecular formula is C13H18BrN. The van der Waals surface area contributed by atoms with Crippen LogP contribution in [-0.2, 0) is 5.41 Å². The maximum atomic E-state index is 5.87. The van der Waals surface area contributed by atoms with E-state index in [9.17, 15) is 0 Å². The van der Waals surface area contributed by atoms with Gasteiger partial charge in [-0.15, -0.1) is 0 Å². The van der Waals surface area contributed by atoms with Crippen LogP contribution >= 0.6 is 15.9 Å². The van der Waals surface area contributed by atoms with Crippen molar-refractivity contribution < 1.29 is 0 Å². The lowest BCUT2D eigenvalue weighted by molar-refractivity contribution is 0.400. The third kappa shape index (κ3) is 1.98. The summed E-state index contributed by atoms with van der Waals surface area (Å²) in [6, 6.07) is 8.77. The van der Waals surface area contributed by atoms with Crippen LogP contribution < -0.4 is 5.73 Å². The average Bonchev–Trinajstić information content (AvgIpc) is 3.02. The lowest BCUT2D eigenvalue weighted by Gasteiger charge is -2.25. The van der Waals surface area contributed by atoms with Crippen molar-refractivity contribution in [1.29, 1.82) is 0 Å². The van der Waals surface area contributed by atoms with Crippen molar-refractivity contribution in [2.75, 3.05) is 6.54 Å². The van der Waals surface area contributed by atoms with Gasteiger partial charge >= 0.3 is 0 Å². The second-order valence-corrected chi connectivity index (χ2v) is 5.42. The number of rotatable bonds is 4. The molecule has 1 aromatic carbocycles. The molecule has 2 heteroatoms. The van der Waals surface area contributed by atoms with Gasteiger partial charge in [0, 0.05) is 4.47 Å². The molecule has 1 saturated carbocycles. The summed E-state index contributed by atoms with van der Waals surface area (Å²) in [6.45, 7) is 3.06. The molecule has 0 spiro atoms. The van der Waals surface area contributed by atoms with Crippen LogP contribution in [-0.4, -0.2) is 6.54 Å². The van der Waals surface area contributed by atoms with Crippen LogP contribution in [0.4, 0.5) is 0 Å². The largest absolute Gasteiger partial charge is 0.330 e. The van der Waals surface area contributed by atoms with Crippen molar-refractivity contribution in [3.8, 4) is 0 Å². The highest BCUT2D eigenvalue weighted by Gasteiger charge is 2.48. The van der Waals surface area contributed by atoms with Crippen molar-refractivity contribution in [1.82, 2.24) is 0 Å². The summed E-state index contributed by atoms with van der Waals surface area (Å²) in [7, 11) is 0. The molecule has 0 radical (unpaired) electrons. The summed E-state index contributed by atoms with van der Waals surface area (Å²) >= 11 is 3.48. The zero-order valence-corrected chi connectivity index (χ0v) is 10.8. The Bertz CT molecular complexity index is 323. The fourth-order valence-corrected chi connectivity index (χ4v) is 2.90. The number of nitrogens with two attached hydrogens (primary N) is 1. The summed E-state index contributed by atoms with van der Waals surface area (Å²) < 4.78 is 1.16. The van der Waals surface area contributed by atoms with Crippen LogP contribution in [0.2, 0.25) is 0 Å². The van der Waals surface area contributed by atoms with E-state index in [-0.39, 0.29) is 0 Å². The fourth-order valence-electron chi connectivity index (χ4n) is 2.63. The highest BCUT2D eigenvalue weighted by atomic mass is 79.9. The van der Waals surface area contributed by atoms with Gasteiger partial charge in [0.1, 0.15) is 0 Å². The summed E-state index contributed by atoms with van der Waals surface area (Å²) in [6.07, 6.45) is 3.81. The topological polar surface area (TPSA) is 26.0 Å². The SMILES string of the molecule is CCC(CN)C1(c2ccc(Br)cc2)CC1. The smallest absolute Gasteiger partial charge is 0.0175 e. The van der Waals surface area contributed by atoms with E-state index in [1.165, 1.54) is 24.8 Å². The van der Waals surface area contributed by atoms with E-state index in [2.05, 4.69) is 47.1 Å². The first-order chi connectivity index (χ1) is 7.23. The predicted octanol–water partition coefficient (Wildman–Crippen LogP) is 3.47. The molecule has 0 aliphatic heterocycles. The minimum Gasteiger partial charge on any atom is -0.330 e. The van der Waals surface area contributed by atoms with Crippen LogP contribution in [0.3, 0.4) is 0 Å². The van der Waals surface area contributed by atoms with Crippen molar-refractivity contribution >= 4 is 15.9 Å². The molecule has 82 valence electrons. The minimum atomic E-state index is 0.407. The number of halogens is 1. The number of benzene rings is 1. The van der Waals surface area contributed by atoms with Crippen LogP contribution in [0, 0.1) is 5.92 Å². The Morgan fingerprint density at radius 1 is 1.33 bits per heavy atom. The molecule has 1 aromatic rings. The van der Waals surface area contributed by atoms with Crippen LogP contribution in [0.15, 0.2) is 28.7 Å². The molecule has 0 bridgehead atoms. The van der Waals surface area contributed by atoms with E-state index in [1.807, 2.05) is 0 Å². The van der Waals surface area contributed by atoms with Crippen molar-refractivity contribution in [2.45, 2.75) is 31.6 Å². The molecule has 0 saturated heterocycles. The monoisotopic (exact) mass is 267 g/mol. The highest BCUT2D eigenvalue weighted by Crippen LogP contribution is 2.54. The zero-order valence-electron chi connectivity index (χ0n) is 9.17. The summed E-state index contributed by atoms with van der Waals surface area (Å²) in [5.74, 6) is 0.652. The molecule has 1 aliphatic rings.